The number of rotatable bonds is 5. The predicted molar refractivity (Wildman–Crippen MR) is 211 cm³/mol. The first-order valence-corrected chi connectivity index (χ1v) is 20.9. The van der Waals surface area contributed by atoms with E-state index >= 15 is 0 Å². The first kappa shape index (κ1) is 40.2. The minimum absolute atomic E-state index is 0. The van der Waals surface area contributed by atoms with E-state index in [0.717, 1.165) is 10.8 Å². The van der Waals surface area contributed by atoms with Crippen LogP contribution in [0.3, 0.4) is 0 Å². The molecule has 58 heavy (non-hydrogen) atoms. The minimum atomic E-state index is -5.16. The van der Waals surface area contributed by atoms with Crippen LogP contribution in [0.1, 0.15) is 33.4 Å². The second kappa shape index (κ2) is 15.2. The van der Waals surface area contributed by atoms with Crippen molar-refractivity contribution in [1.82, 2.24) is 0 Å². The molecule has 0 saturated carbocycles. The zero-order valence-electron chi connectivity index (χ0n) is 31.5. The third-order valence-corrected chi connectivity index (χ3v) is 12.4. The SMILES string of the molecule is O=P1([O-])Oc2c(cc3ccccc3c2-c2c3c(cc4ccccc24)C(c2ccccc2)(c2ccccc2)OP(=O)([O-])O3)C(c2ccccc2)(c2ccccc2)O1.[Li+].[Li+]. The van der Waals surface area contributed by atoms with E-state index in [1.807, 2.05) is 182 Å². The Kier molecular flexibility index (Phi) is 10.5. The summed E-state index contributed by atoms with van der Waals surface area (Å²) in [4.78, 5) is 28.5. The Balaban J connectivity index is 0.00000235. The first-order valence-electron chi connectivity index (χ1n) is 18.0. The van der Waals surface area contributed by atoms with E-state index in [4.69, 9.17) is 18.1 Å². The number of benzene rings is 8. The van der Waals surface area contributed by atoms with Gasteiger partial charge in [-0.05, 0) is 55.9 Å². The van der Waals surface area contributed by atoms with E-state index in [1.54, 1.807) is 0 Å². The Labute approximate surface area is 359 Å². The number of phosphoric acid groups is 2. The molecule has 0 bridgehead atoms. The zero-order chi connectivity index (χ0) is 38.1. The van der Waals surface area contributed by atoms with E-state index in [2.05, 4.69) is 0 Å². The molecule has 2 unspecified atom stereocenters. The second-order valence-corrected chi connectivity index (χ2v) is 16.3. The summed E-state index contributed by atoms with van der Waals surface area (Å²) >= 11 is 0. The Hall–Kier alpha value is -4.63. The van der Waals surface area contributed by atoms with Crippen molar-refractivity contribution in [3.63, 3.8) is 0 Å². The topological polar surface area (TPSA) is 117 Å². The molecule has 10 rings (SSSR count). The molecule has 8 aromatic rings. The van der Waals surface area contributed by atoms with Crippen LogP contribution in [0.25, 0.3) is 32.7 Å². The van der Waals surface area contributed by atoms with Crippen LogP contribution in [0.5, 0.6) is 11.5 Å². The van der Waals surface area contributed by atoms with Gasteiger partial charge in [-0.2, -0.15) is 0 Å². The molecule has 12 heteroatoms. The molecule has 0 spiro atoms. The third kappa shape index (κ3) is 6.34. The smallest absolute Gasteiger partial charge is 0.746 e. The largest absolute Gasteiger partial charge is 1.00 e. The van der Waals surface area contributed by atoms with Crippen LogP contribution in [0.15, 0.2) is 182 Å². The van der Waals surface area contributed by atoms with Crippen molar-refractivity contribution in [3.8, 4) is 22.6 Å². The second-order valence-electron chi connectivity index (χ2n) is 13.8. The normalized spacial score (nSPS) is 20.0. The van der Waals surface area contributed by atoms with Crippen molar-refractivity contribution >= 4 is 37.2 Å². The molecule has 2 heterocycles. The van der Waals surface area contributed by atoms with Crippen molar-refractivity contribution in [2.24, 2.45) is 0 Å². The van der Waals surface area contributed by atoms with Gasteiger partial charge in [0.25, 0.3) is 0 Å². The molecule has 0 aromatic heterocycles. The van der Waals surface area contributed by atoms with Gasteiger partial charge in [0.15, 0.2) is 11.2 Å². The van der Waals surface area contributed by atoms with Gasteiger partial charge < -0.3 is 18.8 Å². The first-order chi connectivity index (χ1) is 27.2. The van der Waals surface area contributed by atoms with Crippen molar-refractivity contribution in [1.29, 1.82) is 0 Å². The predicted octanol–water partition coefficient (Wildman–Crippen LogP) is 4.01. The third-order valence-electron chi connectivity index (χ3n) is 10.6. The molecular weight excluding hydrogens is 756 g/mol. The Bertz CT molecular complexity index is 2640. The van der Waals surface area contributed by atoms with Gasteiger partial charge in [0, 0.05) is 22.3 Å². The number of phosphoric ester groups is 2. The maximum atomic E-state index is 14.3. The summed E-state index contributed by atoms with van der Waals surface area (Å²) in [5.74, 6) is -0.0271. The molecule has 0 amide bonds. The van der Waals surface area contributed by atoms with Gasteiger partial charge in [0.05, 0.1) is 0 Å². The molecule has 2 aliphatic heterocycles. The summed E-state index contributed by atoms with van der Waals surface area (Å²) < 4.78 is 53.1. The van der Waals surface area contributed by atoms with Gasteiger partial charge in [-0.25, -0.2) is 0 Å². The van der Waals surface area contributed by atoms with Gasteiger partial charge in [-0.3, -0.25) is 18.2 Å². The molecule has 0 saturated heterocycles. The van der Waals surface area contributed by atoms with Gasteiger partial charge in [-0.1, -0.05) is 170 Å². The average Bonchev–Trinajstić information content (AvgIpc) is 3.23. The maximum absolute atomic E-state index is 14.3. The van der Waals surface area contributed by atoms with Crippen LogP contribution >= 0.6 is 15.6 Å². The fourth-order valence-corrected chi connectivity index (χ4v) is 10.6. The monoisotopic (exact) mass is 786 g/mol. The Morgan fingerprint density at radius 3 is 0.983 bits per heavy atom. The van der Waals surface area contributed by atoms with Crippen molar-refractivity contribution in [2.75, 3.05) is 0 Å². The van der Waals surface area contributed by atoms with Crippen LogP contribution in [-0.2, 0) is 29.4 Å². The van der Waals surface area contributed by atoms with E-state index in [9.17, 15) is 18.9 Å². The van der Waals surface area contributed by atoms with E-state index in [-0.39, 0.29) is 49.2 Å². The van der Waals surface area contributed by atoms with Gasteiger partial charge >= 0.3 is 53.4 Å². The van der Waals surface area contributed by atoms with Gasteiger partial charge in [0.1, 0.15) is 11.5 Å². The Morgan fingerprint density at radius 1 is 0.397 bits per heavy atom. The average molecular weight is 787 g/mol. The van der Waals surface area contributed by atoms with Crippen LogP contribution in [0, 0.1) is 0 Å². The number of fused-ring (bicyclic) bond motifs is 4. The molecule has 274 valence electrons. The van der Waals surface area contributed by atoms with E-state index < -0.39 is 26.8 Å². The molecule has 2 aliphatic rings. The van der Waals surface area contributed by atoms with Crippen LogP contribution in [-0.4, -0.2) is 0 Å². The molecule has 0 radical (unpaired) electrons. The molecule has 0 fully saturated rings. The molecule has 0 aliphatic carbocycles. The van der Waals surface area contributed by atoms with E-state index in [1.165, 1.54) is 0 Å². The van der Waals surface area contributed by atoms with Crippen molar-refractivity contribution in [3.05, 3.63) is 215 Å². The number of hydrogen-bond acceptors (Lipinski definition) is 8. The summed E-state index contributed by atoms with van der Waals surface area (Å²) in [7, 11) is -10.3. The standard InChI is InChI=1S/C46H32O8P2.2Li/c47-55(48)51-43-39(45(53-55,33-19-5-1-6-20-33)34-21-7-2-8-22-34)29-31-17-13-15-27-37(31)41(43)42-38-28-16-14-18-32(38)30-40-44(42)52-56(49,50)54-46(40,35-23-9-3-10-24-35)36-25-11-4-12-26-36;;/h1-30H,(H,47,48)(H,49,50);;/q;2*+1/p-2. The van der Waals surface area contributed by atoms with Crippen molar-refractivity contribution < 1.29 is 74.7 Å². The maximum Gasteiger partial charge on any atom is 1.00 e. The molecule has 8 nitrogen and oxygen atoms in total. The summed E-state index contributed by atoms with van der Waals surface area (Å²) in [6.07, 6.45) is 0. The minimum Gasteiger partial charge on any atom is -0.746 e. The van der Waals surface area contributed by atoms with Crippen LogP contribution < -0.4 is 56.6 Å². The molecule has 2 atom stereocenters. The molecule has 8 aromatic carbocycles. The van der Waals surface area contributed by atoms with Crippen LogP contribution in [0.2, 0.25) is 0 Å². The number of hydrogen-bond donors (Lipinski definition) is 0. The molecule has 0 N–H and O–H groups in total. The van der Waals surface area contributed by atoms with Gasteiger partial charge in [0.2, 0.25) is 0 Å². The fraction of sp³-hybridized carbons (Fsp3) is 0.0435. The summed E-state index contributed by atoms with van der Waals surface area (Å²) in [5.41, 5.74) is 0.242. The van der Waals surface area contributed by atoms with Gasteiger partial charge in [-0.15, -0.1) is 0 Å². The fourth-order valence-electron chi connectivity index (χ4n) is 8.42. The quantitative estimate of drug-likeness (QED) is 0.190. The van der Waals surface area contributed by atoms with Crippen LogP contribution in [0.4, 0.5) is 0 Å². The summed E-state index contributed by atoms with van der Waals surface area (Å²) in [6, 6.07) is 55.3. The zero-order valence-corrected chi connectivity index (χ0v) is 33.3. The van der Waals surface area contributed by atoms with E-state index in [0.29, 0.717) is 55.3 Å². The summed E-state index contributed by atoms with van der Waals surface area (Å²) in [6.45, 7) is 0. The Morgan fingerprint density at radius 2 is 0.672 bits per heavy atom. The molecular formula is C46H30Li2O8P2. The summed E-state index contributed by atoms with van der Waals surface area (Å²) in [5, 5.41) is 2.65. The van der Waals surface area contributed by atoms with Crippen molar-refractivity contribution in [2.45, 2.75) is 11.2 Å².